The molecule has 0 spiro atoms. The fourth-order valence-corrected chi connectivity index (χ4v) is 6.13. The van der Waals surface area contributed by atoms with Gasteiger partial charge in [0.05, 0.1) is 0 Å². The SMILES string of the molecule is C[Si](O)(CCC(F)(F)F)c1ccc([Si](C)(O)CCC(F)(F)F)cc1. The van der Waals surface area contributed by atoms with Crippen LogP contribution < -0.4 is 10.4 Å². The van der Waals surface area contributed by atoms with Gasteiger partial charge in [-0.15, -0.1) is 0 Å². The Morgan fingerprint density at radius 1 is 0.708 bits per heavy atom. The molecule has 1 aromatic rings. The van der Waals surface area contributed by atoms with Crippen LogP contribution in [-0.4, -0.2) is 38.6 Å². The second-order valence-electron chi connectivity index (χ2n) is 6.36. The predicted octanol–water partition coefficient (Wildman–Crippen LogP) is 3.14. The van der Waals surface area contributed by atoms with Crippen LogP contribution >= 0.6 is 0 Å². The summed E-state index contributed by atoms with van der Waals surface area (Å²) >= 11 is 0. The molecule has 0 aliphatic rings. The Morgan fingerprint density at radius 3 is 1.17 bits per heavy atom. The minimum absolute atomic E-state index is 0.358. The molecule has 10 heteroatoms. The summed E-state index contributed by atoms with van der Waals surface area (Å²) < 4.78 is 73.8. The average Bonchev–Trinajstić information content (AvgIpc) is 2.42. The van der Waals surface area contributed by atoms with Crippen molar-refractivity contribution in [3.63, 3.8) is 0 Å². The summed E-state index contributed by atoms with van der Waals surface area (Å²) in [6, 6.07) is 4.86. The van der Waals surface area contributed by atoms with E-state index >= 15 is 0 Å². The van der Waals surface area contributed by atoms with Crippen molar-refractivity contribution in [2.24, 2.45) is 0 Å². The summed E-state index contributed by atoms with van der Waals surface area (Å²) in [5.41, 5.74) is 0. The van der Waals surface area contributed by atoms with Gasteiger partial charge in [-0.05, 0) is 35.6 Å². The number of hydrogen-bond donors (Lipinski definition) is 2. The maximum absolute atomic E-state index is 12.3. The first-order valence-electron chi connectivity index (χ1n) is 7.32. The van der Waals surface area contributed by atoms with E-state index in [1.165, 1.54) is 37.4 Å². The number of rotatable bonds is 6. The van der Waals surface area contributed by atoms with Gasteiger partial charge in [0.15, 0.2) is 0 Å². The number of hydrogen-bond acceptors (Lipinski definition) is 2. The molecule has 0 fully saturated rings. The molecular weight excluding hydrogens is 370 g/mol. The largest absolute Gasteiger partial charge is 0.428 e. The predicted molar refractivity (Wildman–Crippen MR) is 84.3 cm³/mol. The van der Waals surface area contributed by atoms with Gasteiger partial charge in [-0.3, -0.25) is 0 Å². The number of alkyl halides is 6. The molecule has 0 saturated carbocycles. The van der Waals surface area contributed by atoms with Crippen molar-refractivity contribution in [3.8, 4) is 0 Å². The molecule has 2 atom stereocenters. The van der Waals surface area contributed by atoms with E-state index in [-0.39, 0.29) is 0 Å². The van der Waals surface area contributed by atoms with Crippen LogP contribution in [0.2, 0.25) is 25.2 Å². The molecule has 0 saturated heterocycles. The highest BCUT2D eigenvalue weighted by molar-refractivity contribution is 6.85. The van der Waals surface area contributed by atoms with Crippen molar-refractivity contribution in [2.75, 3.05) is 0 Å². The quantitative estimate of drug-likeness (QED) is 0.579. The topological polar surface area (TPSA) is 40.5 Å². The fraction of sp³-hybridized carbons (Fsp3) is 0.571. The van der Waals surface area contributed by atoms with E-state index in [9.17, 15) is 35.9 Å². The Kier molecular flexibility index (Phi) is 6.34. The van der Waals surface area contributed by atoms with Crippen molar-refractivity contribution in [1.82, 2.24) is 0 Å². The molecule has 0 aromatic heterocycles. The summed E-state index contributed by atoms with van der Waals surface area (Å²) in [6.45, 7) is 2.76. The summed E-state index contributed by atoms with van der Waals surface area (Å²) in [6.07, 6.45) is -10.9. The Labute approximate surface area is 138 Å². The molecule has 1 rings (SSSR count). The van der Waals surface area contributed by atoms with Gasteiger partial charge >= 0.3 is 12.4 Å². The Balaban J connectivity index is 2.84. The van der Waals surface area contributed by atoms with Gasteiger partial charge in [0.2, 0.25) is 16.6 Å². The van der Waals surface area contributed by atoms with Crippen LogP contribution in [0.4, 0.5) is 26.3 Å². The molecule has 0 radical (unpaired) electrons. The second-order valence-corrected chi connectivity index (χ2v) is 13.6. The maximum atomic E-state index is 12.3. The van der Waals surface area contributed by atoms with Crippen LogP contribution in [0, 0.1) is 0 Å². The zero-order chi connectivity index (χ0) is 18.8. The highest BCUT2D eigenvalue weighted by Crippen LogP contribution is 2.26. The van der Waals surface area contributed by atoms with Gasteiger partial charge in [-0.1, -0.05) is 24.3 Å². The van der Waals surface area contributed by atoms with Gasteiger partial charge < -0.3 is 9.59 Å². The normalized spacial score (nSPS) is 18.1. The lowest BCUT2D eigenvalue weighted by atomic mass is 10.4. The first-order chi connectivity index (χ1) is 10.6. The molecule has 0 aliphatic carbocycles. The minimum Gasteiger partial charge on any atom is -0.428 e. The molecule has 24 heavy (non-hydrogen) atoms. The molecule has 1 aromatic carbocycles. The van der Waals surface area contributed by atoms with Gasteiger partial charge in [-0.25, -0.2) is 0 Å². The van der Waals surface area contributed by atoms with Crippen molar-refractivity contribution >= 4 is 27.0 Å². The molecule has 0 aliphatic heterocycles. The summed E-state index contributed by atoms with van der Waals surface area (Å²) in [5.74, 6) is 0. The first kappa shape index (κ1) is 21.2. The van der Waals surface area contributed by atoms with Crippen LogP contribution in [0.3, 0.4) is 0 Å². The van der Waals surface area contributed by atoms with Gasteiger partial charge in [0, 0.05) is 12.8 Å². The van der Waals surface area contributed by atoms with Crippen LogP contribution in [0.15, 0.2) is 24.3 Å². The van der Waals surface area contributed by atoms with Crippen LogP contribution in [0.5, 0.6) is 0 Å². The molecule has 2 nitrogen and oxygen atoms in total. The van der Waals surface area contributed by atoms with Crippen molar-refractivity contribution in [3.05, 3.63) is 24.3 Å². The third-order valence-corrected chi connectivity index (χ3v) is 9.52. The van der Waals surface area contributed by atoms with Gasteiger partial charge in [0.25, 0.3) is 0 Å². The van der Waals surface area contributed by atoms with Gasteiger partial charge in [-0.2, -0.15) is 26.3 Å². The lowest BCUT2D eigenvalue weighted by Crippen LogP contribution is -2.49. The molecule has 2 N–H and O–H groups in total. The smallest absolute Gasteiger partial charge is 0.388 e. The lowest BCUT2D eigenvalue weighted by Gasteiger charge is -2.24. The Morgan fingerprint density at radius 2 is 0.958 bits per heavy atom. The lowest BCUT2D eigenvalue weighted by molar-refractivity contribution is -0.131. The van der Waals surface area contributed by atoms with Crippen molar-refractivity contribution < 1.29 is 35.9 Å². The number of halogens is 6. The van der Waals surface area contributed by atoms with E-state index in [0.29, 0.717) is 10.4 Å². The molecule has 2 unspecified atom stereocenters. The summed E-state index contributed by atoms with van der Waals surface area (Å²) in [5, 5.41) is 0.715. The monoisotopic (exact) mass is 390 g/mol. The summed E-state index contributed by atoms with van der Waals surface area (Å²) in [4.78, 5) is 20.6. The second kappa shape index (κ2) is 7.18. The van der Waals surface area contributed by atoms with E-state index in [2.05, 4.69) is 0 Å². The fourth-order valence-electron chi connectivity index (χ4n) is 2.25. The van der Waals surface area contributed by atoms with E-state index in [0.717, 1.165) is 0 Å². The van der Waals surface area contributed by atoms with Gasteiger partial charge in [0.1, 0.15) is 0 Å². The highest BCUT2D eigenvalue weighted by atomic mass is 28.4. The van der Waals surface area contributed by atoms with E-state index in [1.54, 1.807) is 0 Å². The highest BCUT2D eigenvalue weighted by Gasteiger charge is 2.37. The van der Waals surface area contributed by atoms with E-state index in [1.807, 2.05) is 0 Å². The molecule has 0 bridgehead atoms. The standard InChI is InChI=1S/C14H20F6O2Si2/c1-23(21,9-7-13(15,16)17)11-3-5-12(6-4-11)24(2,22)10-8-14(18,19)20/h3-6,21-22H,7-10H2,1-2H3. The first-order valence-corrected chi connectivity index (χ1v) is 12.6. The third-order valence-electron chi connectivity index (χ3n) is 3.92. The van der Waals surface area contributed by atoms with Crippen molar-refractivity contribution in [1.29, 1.82) is 0 Å². The molecule has 138 valence electrons. The van der Waals surface area contributed by atoms with Crippen molar-refractivity contribution in [2.45, 2.75) is 50.4 Å². The molecule has 0 amide bonds. The van der Waals surface area contributed by atoms with E-state index < -0.39 is 53.9 Å². The van der Waals surface area contributed by atoms with Crippen LogP contribution in [0.25, 0.3) is 0 Å². The Hall–Kier alpha value is -0.846. The summed E-state index contributed by atoms with van der Waals surface area (Å²) in [7, 11) is -6.57. The van der Waals surface area contributed by atoms with Crippen LogP contribution in [-0.2, 0) is 0 Å². The molecular formula is C14H20F6O2Si2. The molecule has 0 heterocycles. The Bertz CT molecular complexity index is 489. The minimum atomic E-state index is -4.36. The van der Waals surface area contributed by atoms with E-state index in [4.69, 9.17) is 0 Å². The maximum Gasteiger partial charge on any atom is 0.388 e. The number of benzene rings is 1. The zero-order valence-corrected chi connectivity index (χ0v) is 15.3. The average molecular weight is 390 g/mol. The van der Waals surface area contributed by atoms with Crippen LogP contribution in [0.1, 0.15) is 12.8 Å². The zero-order valence-electron chi connectivity index (χ0n) is 13.3. The third kappa shape index (κ3) is 6.95.